The van der Waals surface area contributed by atoms with Crippen molar-refractivity contribution in [2.75, 3.05) is 7.05 Å². The molecule has 17 heavy (non-hydrogen) atoms. The number of hydrogen-bond donors (Lipinski definition) is 2. The fourth-order valence-electron chi connectivity index (χ4n) is 1.43. The molecule has 100 valence electrons. The largest absolute Gasteiger partial charge is 0.357 e. The van der Waals surface area contributed by atoms with Gasteiger partial charge in [-0.3, -0.25) is 9.59 Å². The second kappa shape index (κ2) is 7.69. The van der Waals surface area contributed by atoms with Crippen LogP contribution in [-0.4, -0.2) is 29.7 Å². The van der Waals surface area contributed by atoms with Crippen molar-refractivity contribution in [1.29, 1.82) is 0 Å². The van der Waals surface area contributed by atoms with E-state index in [0.29, 0.717) is 12.3 Å². The molecule has 2 N–H and O–H groups in total. The molecule has 2 unspecified atom stereocenters. The van der Waals surface area contributed by atoms with Gasteiger partial charge in [-0.2, -0.15) is 0 Å². The number of halogens is 1. The molecule has 0 saturated carbocycles. The number of carbonyl (C=O) groups is 2. The van der Waals surface area contributed by atoms with Crippen LogP contribution >= 0.6 is 15.9 Å². The van der Waals surface area contributed by atoms with E-state index >= 15 is 0 Å². The van der Waals surface area contributed by atoms with Crippen molar-refractivity contribution in [2.24, 2.45) is 11.8 Å². The summed E-state index contributed by atoms with van der Waals surface area (Å²) in [5, 5.41) is 5.36. The van der Waals surface area contributed by atoms with Crippen molar-refractivity contribution < 1.29 is 9.59 Å². The maximum absolute atomic E-state index is 11.9. The van der Waals surface area contributed by atoms with E-state index in [1.54, 1.807) is 7.05 Å². The normalized spacial score (nSPS) is 14.6. The molecular formula is C12H23BrN2O2. The Labute approximate surface area is 112 Å². The molecule has 0 aliphatic carbocycles. The highest BCUT2D eigenvalue weighted by Gasteiger charge is 2.25. The molecular weight excluding hydrogens is 284 g/mol. The van der Waals surface area contributed by atoms with Crippen molar-refractivity contribution in [3.63, 3.8) is 0 Å². The molecule has 0 heterocycles. The SMILES string of the molecule is CNC(=O)C(CC(C)C)NC(=O)C(Br)C(C)C. The Balaban J connectivity index is 4.53. The van der Waals surface area contributed by atoms with E-state index in [0.717, 1.165) is 0 Å². The standard InChI is InChI=1S/C12H23BrN2O2/c1-7(2)6-9(11(16)14-5)15-12(17)10(13)8(3)4/h7-10H,6H2,1-5H3,(H,14,16)(H,15,17). The van der Waals surface area contributed by atoms with Crippen LogP contribution in [0.1, 0.15) is 34.1 Å². The van der Waals surface area contributed by atoms with Crippen LogP contribution < -0.4 is 10.6 Å². The summed E-state index contributed by atoms with van der Waals surface area (Å²) in [5.74, 6) is 0.273. The highest BCUT2D eigenvalue weighted by atomic mass is 79.9. The van der Waals surface area contributed by atoms with Gasteiger partial charge >= 0.3 is 0 Å². The average Bonchev–Trinajstić information content (AvgIpc) is 2.24. The van der Waals surface area contributed by atoms with Gasteiger partial charge in [0.1, 0.15) is 6.04 Å². The predicted molar refractivity (Wildman–Crippen MR) is 73.0 cm³/mol. The molecule has 0 aromatic heterocycles. The molecule has 0 radical (unpaired) electrons. The molecule has 5 heteroatoms. The molecule has 0 spiro atoms. The molecule has 0 bridgehead atoms. The molecule has 0 aromatic rings. The minimum atomic E-state index is -0.453. The summed E-state index contributed by atoms with van der Waals surface area (Å²) in [4.78, 5) is 23.2. The van der Waals surface area contributed by atoms with Crippen molar-refractivity contribution >= 4 is 27.7 Å². The van der Waals surface area contributed by atoms with Gasteiger partial charge in [0, 0.05) is 7.05 Å². The van der Waals surface area contributed by atoms with Gasteiger partial charge in [0.15, 0.2) is 0 Å². The number of likely N-dealkylation sites (N-methyl/N-ethyl adjacent to an activating group) is 1. The molecule has 2 amide bonds. The van der Waals surface area contributed by atoms with Gasteiger partial charge < -0.3 is 10.6 Å². The lowest BCUT2D eigenvalue weighted by Gasteiger charge is -2.22. The van der Waals surface area contributed by atoms with Crippen molar-refractivity contribution in [3.8, 4) is 0 Å². The van der Waals surface area contributed by atoms with Gasteiger partial charge in [-0.15, -0.1) is 0 Å². The lowest BCUT2D eigenvalue weighted by molar-refractivity contribution is -0.129. The summed E-state index contributed by atoms with van der Waals surface area (Å²) < 4.78 is 0. The van der Waals surface area contributed by atoms with Gasteiger partial charge in [0.25, 0.3) is 0 Å². The van der Waals surface area contributed by atoms with Gasteiger partial charge in [-0.25, -0.2) is 0 Å². The van der Waals surface area contributed by atoms with Crippen LogP contribution in [0.5, 0.6) is 0 Å². The third kappa shape index (κ3) is 6.05. The fraction of sp³-hybridized carbons (Fsp3) is 0.833. The Morgan fingerprint density at radius 3 is 2.00 bits per heavy atom. The second-order valence-corrected chi connectivity index (χ2v) is 5.94. The van der Waals surface area contributed by atoms with Crippen LogP contribution in [0.3, 0.4) is 0 Å². The topological polar surface area (TPSA) is 58.2 Å². The molecule has 0 aliphatic rings. The molecule has 2 atom stereocenters. The quantitative estimate of drug-likeness (QED) is 0.734. The molecule has 0 aromatic carbocycles. The highest BCUT2D eigenvalue weighted by Crippen LogP contribution is 2.13. The minimum Gasteiger partial charge on any atom is -0.357 e. The molecule has 0 rings (SSSR count). The highest BCUT2D eigenvalue weighted by molar-refractivity contribution is 9.10. The Hall–Kier alpha value is -0.580. The van der Waals surface area contributed by atoms with E-state index in [-0.39, 0.29) is 22.6 Å². The first-order valence-electron chi connectivity index (χ1n) is 5.95. The Morgan fingerprint density at radius 1 is 1.12 bits per heavy atom. The minimum absolute atomic E-state index is 0.130. The summed E-state index contributed by atoms with van der Waals surface area (Å²) in [6.07, 6.45) is 0.642. The number of amides is 2. The van der Waals surface area contributed by atoms with E-state index < -0.39 is 6.04 Å². The van der Waals surface area contributed by atoms with Crippen LogP contribution in [0, 0.1) is 11.8 Å². The smallest absolute Gasteiger partial charge is 0.242 e. The zero-order valence-corrected chi connectivity index (χ0v) is 12.8. The maximum atomic E-state index is 11.9. The van der Waals surface area contributed by atoms with Crippen molar-refractivity contribution in [3.05, 3.63) is 0 Å². The zero-order valence-electron chi connectivity index (χ0n) is 11.2. The van der Waals surface area contributed by atoms with Crippen LogP contribution in [0.25, 0.3) is 0 Å². The van der Waals surface area contributed by atoms with Crippen LogP contribution in [-0.2, 0) is 9.59 Å². The number of alkyl halides is 1. The molecule has 0 aliphatic heterocycles. The van der Waals surface area contributed by atoms with Gasteiger partial charge in [0.05, 0.1) is 4.83 Å². The van der Waals surface area contributed by atoms with Crippen molar-refractivity contribution in [2.45, 2.75) is 45.0 Å². The number of hydrogen-bond acceptors (Lipinski definition) is 2. The molecule has 4 nitrogen and oxygen atoms in total. The summed E-state index contributed by atoms with van der Waals surface area (Å²) in [6, 6.07) is -0.453. The summed E-state index contributed by atoms with van der Waals surface area (Å²) in [6.45, 7) is 7.96. The van der Waals surface area contributed by atoms with E-state index in [9.17, 15) is 9.59 Å². The fourth-order valence-corrected chi connectivity index (χ4v) is 1.56. The Bertz CT molecular complexity index is 267. The summed E-state index contributed by atoms with van der Waals surface area (Å²) in [7, 11) is 1.58. The monoisotopic (exact) mass is 306 g/mol. The first-order valence-corrected chi connectivity index (χ1v) is 6.87. The van der Waals surface area contributed by atoms with Gasteiger partial charge in [-0.05, 0) is 18.3 Å². The van der Waals surface area contributed by atoms with Crippen LogP contribution in [0.4, 0.5) is 0 Å². The number of nitrogens with one attached hydrogen (secondary N) is 2. The maximum Gasteiger partial charge on any atom is 0.242 e. The Kier molecular flexibility index (Phi) is 7.43. The van der Waals surface area contributed by atoms with E-state index in [1.165, 1.54) is 0 Å². The van der Waals surface area contributed by atoms with E-state index in [1.807, 2.05) is 27.7 Å². The molecule has 0 fully saturated rings. The van der Waals surface area contributed by atoms with E-state index in [4.69, 9.17) is 0 Å². The Morgan fingerprint density at radius 2 is 1.65 bits per heavy atom. The summed E-state index contributed by atoms with van der Waals surface area (Å²) in [5.41, 5.74) is 0. The van der Waals surface area contributed by atoms with E-state index in [2.05, 4.69) is 26.6 Å². The van der Waals surface area contributed by atoms with Gasteiger partial charge in [-0.1, -0.05) is 43.6 Å². The second-order valence-electron chi connectivity index (χ2n) is 4.95. The first kappa shape index (κ1) is 16.4. The lowest BCUT2D eigenvalue weighted by Crippen LogP contribution is -2.49. The molecule has 0 saturated heterocycles. The van der Waals surface area contributed by atoms with Crippen LogP contribution in [0.2, 0.25) is 0 Å². The first-order chi connectivity index (χ1) is 7.79. The van der Waals surface area contributed by atoms with Crippen molar-refractivity contribution in [1.82, 2.24) is 10.6 Å². The number of rotatable bonds is 6. The summed E-state index contributed by atoms with van der Waals surface area (Å²) >= 11 is 3.33. The lowest BCUT2D eigenvalue weighted by atomic mass is 10.0. The number of carbonyl (C=O) groups excluding carboxylic acids is 2. The third-order valence-electron chi connectivity index (χ3n) is 2.42. The van der Waals surface area contributed by atoms with Gasteiger partial charge in [0.2, 0.25) is 11.8 Å². The average molecular weight is 307 g/mol. The zero-order chi connectivity index (χ0) is 13.6. The van der Waals surface area contributed by atoms with Crippen LogP contribution in [0.15, 0.2) is 0 Å². The third-order valence-corrected chi connectivity index (χ3v) is 3.90. The predicted octanol–water partition coefficient (Wildman–Crippen LogP) is 1.68.